The average molecular weight is 404 g/mol. The SMILES string of the molecule is COc1ccc(CNC(=S)NNC(=O)c2cc3c(s2)CCCCCC3)cc1. The van der Waals surface area contributed by atoms with Crippen LogP contribution in [0.2, 0.25) is 0 Å². The number of hydrogen-bond acceptors (Lipinski definition) is 4. The van der Waals surface area contributed by atoms with Crippen molar-refractivity contribution in [3.63, 3.8) is 0 Å². The zero-order valence-corrected chi connectivity index (χ0v) is 17.1. The molecular formula is C20H25N3O2S2. The second kappa shape index (κ2) is 9.71. The first-order valence-electron chi connectivity index (χ1n) is 9.24. The number of fused-ring (bicyclic) bond motifs is 1. The summed E-state index contributed by atoms with van der Waals surface area (Å²) in [5, 5.41) is 3.46. The van der Waals surface area contributed by atoms with Gasteiger partial charge >= 0.3 is 0 Å². The number of methoxy groups -OCH3 is 1. The van der Waals surface area contributed by atoms with Crippen LogP contribution in [0.15, 0.2) is 30.3 Å². The van der Waals surface area contributed by atoms with E-state index in [0.29, 0.717) is 11.7 Å². The van der Waals surface area contributed by atoms with E-state index >= 15 is 0 Å². The van der Waals surface area contributed by atoms with Crippen LogP contribution in [0.4, 0.5) is 0 Å². The van der Waals surface area contributed by atoms with E-state index in [9.17, 15) is 4.79 Å². The molecule has 7 heteroatoms. The van der Waals surface area contributed by atoms with Crippen molar-refractivity contribution in [1.82, 2.24) is 16.2 Å². The fourth-order valence-electron chi connectivity index (χ4n) is 3.10. The fourth-order valence-corrected chi connectivity index (χ4v) is 4.37. The lowest BCUT2D eigenvalue weighted by atomic mass is 10.00. The van der Waals surface area contributed by atoms with Crippen LogP contribution in [0.25, 0.3) is 0 Å². The summed E-state index contributed by atoms with van der Waals surface area (Å²) in [6, 6.07) is 9.77. The number of ether oxygens (including phenoxy) is 1. The summed E-state index contributed by atoms with van der Waals surface area (Å²) in [5.41, 5.74) is 7.88. The molecule has 0 unspecified atom stereocenters. The van der Waals surface area contributed by atoms with Gasteiger partial charge in [-0.3, -0.25) is 15.6 Å². The van der Waals surface area contributed by atoms with Gasteiger partial charge in [0.25, 0.3) is 5.91 Å². The normalized spacial score (nSPS) is 13.7. The van der Waals surface area contributed by atoms with Crippen LogP contribution < -0.4 is 20.9 Å². The lowest BCUT2D eigenvalue weighted by Gasteiger charge is -2.11. The van der Waals surface area contributed by atoms with Gasteiger partial charge in [-0.25, -0.2) is 0 Å². The van der Waals surface area contributed by atoms with Gasteiger partial charge in [0.15, 0.2) is 5.11 Å². The summed E-state index contributed by atoms with van der Waals surface area (Å²) in [6.45, 7) is 0.568. The number of thiocarbonyl (C=S) groups is 1. The Balaban J connectivity index is 1.46. The van der Waals surface area contributed by atoms with Gasteiger partial charge in [-0.2, -0.15) is 0 Å². The molecule has 27 heavy (non-hydrogen) atoms. The van der Waals surface area contributed by atoms with Crippen molar-refractivity contribution in [3.8, 4) is 5.75 Å². The molecule has 144 valence electrons. The van der Waals surface area contributed by atoms with Crippen LogP contribution in [0.1, 0.15) is 51.4 Å². The Morgan fingerprint density at radius 2 is 1.85 bits per heavy atom. The molecule has 3 rings (SSSR count). The Labute approximate surface area is 169 Å². The van der Waals surface area contributed by atoms with Gasteiger partial charge in [-0.15, -0.1) is 11.3 Å². The highest BCUT2D eigenvalue weighted by Gasteiger charge is 2.16. The molecule has 0 radical (unpaired) electrons. The van der Waals surface area contributed by atoms with Crippen LogP contribution in [0.3, 0.4) is 0 Å². The van der Waals surface area contributed by atoms with E-state index in [0.717, 1.165) is 29.0 Å². The molecule has 0 fully saturated rings. The molecule has 3 N–H and O–H groups in total. The third kappa shape index (κ3) is 5.68. The average Bonchev–Trinajstić information content (AvgIpc) is 3.07. The Morgan fingerprint density at radius 1 is 1.11 bits per heavy atom. The second-order valence-corrected chi connectivity index (χ2v) is 8.13. The number of benzene rings is 1. The molecule has 1 amide bonds. The van der Waals surface area contributed by atoms with E-state index in [4.69, 9.17) is 17.0 Å². The van der Waals surface area contributed by atoms with Crippen LogP contribution in [-0.2, 0) is 19.4 Å². The van der Waals surface area contributed by atoms with Crippen molar-refractivity contribution in [1.29, 1.82) is 0 Å². The van der Waals surface area contributed by atoms with Gasteiger partial charge in [0.05, 0.1) is 12.0 Å². The minimum Gasteiger partial charge on any atom is -0.497 e. The maximum atomic E-state index is 12.4. The predicted octanol–water partition coefficient (Wildman–Crippen LogP) is 3.72. The van der Waals surface area contributed by atoms with E-state index in [1.165, 1.54) is 36.1 Å². The minimum absolute atomic E-state index is 0.139. The molecule has 0 spiro atoms. The third-order valence-corrected chi connectivity index (χ3v) is 6.10. The largest absolute Gasteiger partial charge is 0.497 e. The first kappa shape index (κ1) is 19.6. The van der Waals surface area contributed by atoms with Crippen molar-refractivity contribution >= 4 is 34.6 Å². The van der Waals surface area contributed by atoms with Crippen molar-refractivity contribution in [2.24, 2.45) is 0 Å². The molecule has 0 aliphatic heterocycles. The number of thiophene rings is 1. The van der Waals surface area contributed by atoms with Crippen LogP contribution >= 0.6 is 23.6 Å². The number of nitrogens with one attached hydrogen (secondary N) is 3. The summed E-state index contributed by atoms with van der Waals surface area (Å²) in [4.78, 5) is 14.5. The highest BCUT2D eigenvalue weighted by Crippen LogP contribution is 2.28. The maximum absolute atomic E-state index is 12.4. The van der Waals surface area contributed by atoms with Crippen LogP contribution in [-0.4, -0.2) is 18.1 Å². The van der Waals surface area contributed by atoms with Crippen molar-refractivity contribution in [2.45, 2.75) is 45.1 Å². The summed E-state index contributed by atoms with van der Waals surface area (Å²) in [5.74, 6) is 0.678. The highest BCUT2D eigenvalue weighted by atomic mass is 32.1. The van der Waals surface area contributed by atoms with Gasteiger partial charge in [0, 0.05) is 11.4 Å². The Bertz CT molecular complexity index is 762. The van der Waals surface area contributed by atoms with Crippen molar-refractivity contribution in [2.75, 3.05) is 7.11 Å². The van der Waals surface area contributed by atoms with E-state index in [2.05, 4.69) is 16.2 Å². The Morgan fingerprint density at radius 3 is 2.59 bits per heavy atom. The molecule has 0 saturated carbocycles. The molecule has 1 aliphatic rings. The predicted molar refractivity (Wildman–Crippen MR) is 113 cm³/mol. The minimum atomic E-state index is -0.139. The van der Waals surface area contributed by atoms with E-state index in [1.54, 1.807) is 18.4 Å². The summed E-state index contributed by atoms with van der Waals surface area (Å²) < 4.78 is 5.14. The molecular weight excluding hydrogens is 378 g/mol. The molecule has 2 aromatic rings. The van der Waals surface area contributed by atoms with Gasteiger partial charge < -0.3 is 10.1 Å². The number of carbonyl (C=O) groups is 1. The molecule has 5 nitrogen and oxygen atoms in total. The van der Waals surface area contributed by atoms with Crippen molar-refractivity contribution < 1.29 is 9.53 Å². The molecule has 0 saturated heterocycles. The number of rotatable bonds is 4. The quantitative estimate of drug-likeness (QED) is 0.536. The first-order valence-corrected chi connectivity index (χ1v) is 10.5. The summed E-state index contributed by atoms with van der Waals surface area (Å²) >= 11 is 6.84. The molecule has 1 aliphatic carbocycles. The van der Waals surface area contributed by atoms with Gasteiger partial charge in [0.1, 0.15) is 5.75 Å². The van der Waals surface area contributed by atoms with Gasteiger partial charge in [-0.1, -0.05) is 25.0 Å². The lowest BCUT2D eigenvalue weighted by molar-refractivity contribution is 0.0947. The second-order valence-electron chi connectivity index (χ2n) is 6.58. The molecule has 0 bridgehead atoms. The standard InChI is InChI=1S/C20H25N3O2S2/c1-25-16-10-8-14(9-11-16)13-21-20(26)23-22-19(24)18-12-15-6-4-2-3-5-7-17(15)27-18/h8-12H,2-7,13H2,1H3,(H,22,24)(H2,21,23,26). The lowest BCUT2D eigenvalue weighted by Crippen LogP contribution is -2.46. The fraction of sp³-hybridized carbons (Fsp3) is 0.400. The number of aryl methyl sites for hydroxylation is 2. The molecule has 1 aromatic heterocycles. The zero-order chi connectivity index (χ0) is 19.1. The highest BCUT2D eigenvalue weighted by molar-refractivity contribution is 7.80. The van der Waals surface area contributed by atoms with Gasteiger partial charge in [0.2, 0.25) is 0 Å². The number of hydrogen-bond donors (Lipinski definition) is 3. The van der Waals surface area contributed by atoms with Gasteiger partial charge in [-0.05, 0) is 67.2 Å². The molecule has 1 aromatic carbocycles. The Kier molecular flexibility index (Phi) is 7.06. The first-order chi connectivity index (χ1) is 13.2. The van der Waals surface area contributed by atoms with Crippen LogP contribution in [0.5, 0.6) is 5.75 Å². The summed E-state index contributed by atoms with van der Waals surface area (Å²) in [6.07, 6.45) is 7.16. The zero-order valence-electron chi connectivity index (χ0n) is 15.5. The van der Waals surface area contributed by atoms with E-state index in [-0.39, 0.29) is 5.91 Å². The number of carbonyl (C=O) groups excluding carboxylic acids is 1. The monoisotopic (exact) mass is 403 g/mol. The van der Waals surface area contributed by atoms with Crippen molar-refractivity contribution in [3.05, 3.63) is 51.2 Å². The molecule has 1 heterocycles. The van der Waals surface area contributed by atoms with E-state index < -0.39 is 0 Å². The maximum Gasteiger partial charge on any atom is 0.279 e. The molecule has 0 atom stereocenters. The number of amides is 1. The van der Waals surface area contributed by atoms with E-state index in [1.807, 2.05) is 30.3 Å². The Hall–Kier alpha value is -2.12. The number of hydrazine groups is 1. The van der Waals surface area contributed by atoms with Crippen LogP contribution in [0, 0.1) is 0 Å². The topological polar surface area (TPSA) is 62.4 Å². The third-order valence-electron chi connectivity index (χ3n) is 4.62. The summed E-state index contributed by atoms with van der Waals surface area (Å²) in [7, 11) is 1.64. The smallest absolute Gasteiger partial charge is 0.279 e.